The number of amides is 2. The van der Waals surface area contributed by atoms with Crippen molar-refractivity contribution in [2.24, 2.45) is 0 Å². The number of hydrogen-bond donors (Lipinski definition) is 1. The topological polar surface area (TPSA) is 110 Å². The number of carbonyl (C=O) groups excluding carboxylic acids is 2. The van der Waals surface area contributed by atoms with Gasteiger partial charge in [0, 0.05) is 18.6 Å². The lowest BCUT2D eigenvalue weighted by Crippen LogP contribution is -2.63. The van der Waals surface area contributed by atoms with Crippen LogP contribution in [0.4, 0.5) is 11.4 Å². The van der Waals surface area contributed by atoms with Gasteiger partial charge in [-0.2, -0.15) is 0 Å². The highest BCUT2D eigenvalue weighted by atomic mass is 32.2. The third-order valence-electron chi connectivity index (χ3n) is 6.14. The van der Waals surface area contributed by atoms with Gasteiger partial charge in [0.2, 0.25) is 5.91 Å². The molecule has 8 nitrogen and oxygen atoms in total. The number of nitrogens with zero attached hydrogens (tertiary/aromatic N) is 2. The Morgan fingerprint density at radius 1 is 1.12 bits per heavy atom. The lowest BCUT2D eigenvalue weighted by atomic mass is 9.85. The van der Waals surface area contributed by atoms with Crippen molar-refractivity contribution in [1.82, 2.24) is 10.3 Å². The predicted octanol–water partition coefficient (Wildman–Crippen LogP) is 3.01. The van der Waals surface area contributed by atoms with E-state index in [9.17, 15) is 18.0 Å². The Bertz CT molecular complexity index is 1410. The van der Waals surface area contributed by atoms with Crippen molar-refractivity contribution in [1.29, 1.82) is 0 Å². The highest BCUT2D eigenvalue weighted by Crippen LogP contribution is 2.46. The lowest BCUT2D eigenvalue weighted by Gasteiger charge is -2.38. The summed E-state index contributed by atoms with van der Waals surface area (Å²) in [6, 6.07) is 10.6. The summed E-state index contributed by atoms with van der Waals surface area (Å²) in [6.45, 7) is 7.14. The number of fused-ring (bicyclic) bond motifs is 2. The number of carbonyl (C=O) groups is 2. The third-order valence-corrected chi connectivity index (χ3v) is 8.29. The van der Waals surface area contributed by atoms with Crippen molar-refractivity contribution >= 4 is 44.1 Å². The number of oxazole rings is 1. The van der Waals surface area contributed by atoms with Gasteiger partial charge in [-0.15, -0.1) is 0 Å². The number of nitrogens with one attached hydrogen (secondary N) is 1. The molecule has 1 fully saturated rings. The quantitative estimate of drug-likeness (QED) is 0.653. The second-order valence-electron chi connectivity index (χ2n) is 9.43. The number of anilines is 2. The fraction of sp³-hybridized carbons (Fsp3) is 0.348. The Labute approximate surface area is 185 Å². The first kappa shape index (κ1) is 20.7. The maximum Gasteiger partial charge on any atom is 0.251 e. The van der Waals surface area contributed by atoms with E-state index < -0.39 is 20.8 Å². The highest BCUT2D eigenvalue weighted by Gasteiger charge is 2.47. The molecular formula is C23H23N3O5S. The van der Waals surface area contributed by atoms with Gasteiger partial charge in [0.25, 0.3) is 5.91 Å². The van der Waals surface area contributed by atoms with Crippen molar-refractivity contribution in [3.63, 3.8) is 0 Å². The molecule has 0 spiro atoms. The van der Waals surface area contributed by atoms with Crippen molar-refractivity contribution in [3.8, 4) is 0 Å². The van der Waals surface area contributed by atoms with Gasteiger partial charge in [-0.25, -0.2) is 13.4 Å². The molecule has 0 saturated carbocycles. The summed E-state index contributed by atoms with van der Waals surface area (Å²) in [6.07, 6.45) is 0. The first-order chi connectivity index (χ1) is 14.9. The van der Waals surface area contributed by atoms with Crippen LogP contribution in [0.15, 0.2) is 40.8 Å². The number of aromatic nitrogens is 1. The zero-order valence-corrected chi connectivity index (χ0v) is 19.0. The Balaban J connectivity index is 1.51. The van der Waals surface area contributed by atoms with Crippen molar-refractivity contribution in [2.45, 2.75) is 38.6 Å². The summed E-state index contributed by atoms with van der Waals surface area (Å²) in [5.74, 6) is -0.0619. The van der Waals surface area contributed by atoms with Crippen LogP contribution in [-0.4, -0.2) is 42.3 Å². The fourth-order valence-corrected chi connectivity index (χ4v) is 6.65. The smallest absolute Gasteiger partial charge is 0.251 e. The summed E-state index contributed by atoms with van der Waals surface area (Å²) in [7, 11) is -3.08. The summed E-state index contributed by atoms with van der Waals surface area (Å²) < 4.78 is 28.7. The minimum Gasteiger partial charge on any atom is -0.441 e. The Hall–Kier alpha value is -3.20. The predicted molar refractivity (Wildman–Crippen MR) is 120 cm³/mol. The first-order valence-electron chi connectivity index (χ1n) is 10.3. The molecule has 2 amide bonds. The summed E-state index contributed by atoms with van der Waals surface area (Å²) in [4.78, 5) is 32.1. The van der Waals surface area contributed by atoms with Crippen LogP contribution in [0, 0.1) is 6.92 Å². The molecule has 0 aliphatic carbocycles. The van der Waals surface area contributed by atoms with E-state index in [4.69, 9.17) is 4.42 Å². The van der Waals surface area contributed by atoms with Crippen LogP contribution in [0.5, 0.6) is 0 Å². The van der Waals surface area contributed by atoms with Gasteiger partial charge in [-0.3, -0.25) is 14.5 Å². The van der Waals surface area contributed by atoms with E-state index in [1.165, 1.54) is 0 Å². The summed E-state index contributed by atoms with van der Waals surface area (Å²) in [5.41, 5.74) is 2.18. The molecule has 2 aromatic carbocycles. The molecule has 2 aliphatic heterocycles. The molecule has 3 heterocycles. The molecule has 166 valence electrons. The summed E-state index contributed by atoms with van der Waals surface area (Å²) >= 11 is 0. The van der Waals surface area contributed by atoms with E-state index in [1.807, 2.05) is 26.0 Å². The second kappa shape index (κ2) is 6.41. The molecule has 0 unspecified atom stereocenters. The molecule has 5 rings (SSSR count). The maximum atomic E-state index is 13.4. The number of benzene rings is 2. The Morgan fingerprint density at radius 2 is 1.84 bits per heavy atom. The van der Waals surface area contributed by atoms with Crippen molar-refractivity contribution in [2.75, 3.05) is 16.4 Å². The maximum absolute atomic E-state index is 13.4. The molecule has 1 saturated heterocycles. The highest BCUT2D eigenvalue weighted by molar-refractivity contribution is 7.93. The van der Waals surface area contributed by atoms with Crippen LogP contribution in [0.3, 0.4) is 0 Å². The minimum atomic E-state index is -3.08. The molecular weight excluding hydrogens is 430 g/mol. The van der Waals surface area contributed by atoms with Crippen LogP contribution < -0.4 is 10.2 Å². The van der Waals surface area contributed by atoms with Crippen LogP contribution in [0.2, 0.25) is 0 Å². The number of rotatable bonds is 3. The number of sulfone groups is 1. The van der Waals surface area contributed by atoms with E-state index in [1.54, 1.807) is 43.0 Å². The molecule has 2 aliphatic rings. The van der Waals surface area contributed by atoms with E-state index in [2.05, 4.69) is 10.3 Å². The second-order valence-corrected chi connectivity index (χ2v) is 11.5. The van der Waals surface area contributed by atoms with Gasteiger partial charge in [-0.1, -0.05) is 0 Å². The molecule has 1 aromatic heterocycles. The molecule has 3 aromatic rings. The molecule has 1 N–H and O–H groups in total. The van der Waals surface area contributed by atoms with Crippen LogP contribution >= 0.6 is 0 Å². The molecule has 32 heavy (non-hydrogen) atoms. The third kappa shape index (κ3) is 3.10. The fourth-order valence-electron chi connectivity index (χ4n) is 4.65. The van der Waals surface area contributed by atoms with Gasteiger partial charge < -0.3 is 9.73 Å². The van der Waals surface area contributed by atoms with Gasteiger partial charge in [0.1, 0.15) is 5.52 Å². The lowest BCUT2D eigenvalue weighted by molar-refractivity contribution is -0.121. The molecule has 0 bridgehead atoms. The zero-order chi connectivity index (χ0) is 23.1. The normalized spacial score (nSPS) is 20.1. The van der Waals surface area contributed by atoms with E-state index in [0.717, 1.165) is 11.1 Å². The van der Waals surface area contributed by atoms with Gasteiger partial charge in [0.15, 0.2) is 21.3 Å². The van der Waals surface area contributed by atoms with Crippen molar-refractivity contribution in [3.05, 3.63) is 53.4 Å². The number of hydrogen-bond acceptors (Lipinski definition) is 6. The average Bonchev–Trinajstić information content (AvgIpc) is 3.13. The minimum absolute atomic E-state index is 0.0714. The molecule has 0 atom stereocenters. The molecule has 0 radical (unpaired) electrons. The Morgan fingerprint density at radius 3 is 2.53 bits per heavy atom. The zero-order valence-electron chi connectivity index (χ0n) is 18.2. The van der Waals surface area contributed by atoms with Crippen LogP contribution in [-0.2, 0) is 20.0 Å². The Kier molecular flexibility index (Phi) is 4.15. The van der Waals surface area contributed by atoms with Crippen molar-refractivity contribution < 1.29 is 22.4 Å². The molecule has 9 heteroatoms. The standard InChI is InChI=1S/C23H23N3O5S/c1-13-24-17-7-6-15(10-19(17)31-13)26-18-8-5-14(9-16(18)22(2,3)21(26)28)20(27)25-23(4)11-32(29,30)12-23/h5-10H,11-12H2,1-4H3,(H,25,27). The average molecular weight is 454 g/mol. The van der Waals surface area contributed by atoms with E-state index in [-0.39, 0.29) is 23.3 Å². The number of aryl methyl sites for hydroxylation is 1. The first-order valence-corrected chi connectivity index (χ1v) is 12.1. The van der Waals surface area contributed by atoms with Gasteiger partial charge in [0.05, 0.1) is 33.8 Å². The van der Waals surface area contributed by atoms with E-state index in [0.29, 0.717) is 28.4 Å². The van der Waals surface area contributed by atoms with Crippen LogP contribution in [0.25, 0.3) is 11.1 Å². The van der Waals surface area contributed by atoms with E-state index >= 15 is 0 Å². The largest absolute Gasteiger partial charge is 0.441 e. The van der Waals surface area contributed by atoms with Crippen LogP contribution in [0.1, 0.15) is 42.6 Å². The summed E-state index contributed by atoms with van der Waals surface area (Å²) in [5, 5.41) is 2.82. The SMILES string of the molecule is Cc1nc2ccc(N3C(=O)C(C)(C)c4cc(C(=O)NC5(C)CS(=O)(=O)C5)ccc43)cc2o1. The van der Waals surface area contributed by atoms with Gasteiger partial charge in [-0.05, 0) is 56.7 Å². The monoisotopic (exact) mass is 453 g/mol. The van der Waals surface area contributed by atoms with Gasteiger partial charge >= 0.3 is 0 Å².